The number of hydrogen-bond donors (Lipinski definition) is 1. The highest BCUT2D eigenvalue weighted by atomic mass is 35.5. The highest BCUT2D eigenvalue weighted by Gasteiger charge is 2.10. The zero-order valence-electron chi connectivity index (χ0n) is 8.03. The summed E-state index contributed by atoms with van der Waals surface area (Å²) in [7, 11) is 1.68. The van der Waals surface area contributed by atoms with Gasteiger partial charge in [0.05, 0.1) is 11.6 Å². The van der Waals surface area contributed by atoms with E-state index in [-0.39, 0.29) is 17.4 Å². The van der Waals surface area contributed by atoms with E-state index in [0.29, 0.717) is 11.1 Å². The lowest BCUT2D eigenvalue weighted by Crippen LogP contribution is -2.18. The second kappa shape index (κ2) is 4.53. The molecule has 0 heterocycles. The van der Waals surface area contributed by atoms with E-state index in [1.807, 2.05) is 0 Å². The molecular weight excluding hydrogens is 205 g/mol. The van der Waals surface area contributed by atoms with Gasteiger partial charge in [0, 0.05) is 5.56 Å². The molecule has 0 aromatic heterocycles. The number of halogens is 2. The molecule has 0 radical (unpaired) electrons. The number of rotatable bonds is 3. The van der Waals surface area contributed by atoms with Crippen LogP contribution in [0.25, 0.3) is 0 Å². The molecule has 0 saturated carbocycles. The number of aryl methyl sites for hydroxylation is 1. The number of benzene rings is 1. The second-order valence-electron chi connectivity index (χ2n) is 3.04. The fourth-order valence-corrected chi connectivity index (χ4v) is 1.42. The van der Waals surface area contributed by atoms with Crippen LogP contribution in [0.3, 0.4) is 0 Å². The molecule has 0 aliphatic rings. The number of ketones is 1. The highest BCUT2D eigenvalue weighted by molar-refractivity contribution is 6.31. The molecule has 0 atom stereocenters. The molecular formula is C10H11ClFNO. The molecule has 0 saturated heterocycles. The Labute approximate surface area is 87.1 Å². The third kappa shape index (κ3) is 2.30. The maximum Gasteiger partial charge on any atom is 0.176 e. The zero-order valence-corrected chi connectivity index (χ0v) is 8.78. The van der Waals surface area contributed by atoms with Gasteiger partial charge in [-0.3, -0.25) is 4.79 Å². The molecule has 0 fully saturated rings. The number of likely N-dealkylation sites (N-methyl/N-ethyl adjacent to an activating group) is 1. The van der Waals surface area contributed by atoms with Gasteiger partial charge in [0.15, 0.2) is 5.78 Å². The molecule has 4 heteroatoms. The van der Waals surface area contributed by atoms with E-state index >= 15 is 0 Å². The first kappa shape index (κ1) is 11.1. The first-order valence-electron chi connectivity index (χ1n) is 4.19. The average Bonchev–Trinajstić information content (AvgIpc) is 2.13. The van der Waals surface area contributed by atoms with Crippen LogP contribution >= 0.6 is 11.6 Å². The molecule has 0 aliphatic heterocycles. The van der Waals surface area contributed by atoms with Crippen LogP contribution in [0.15, 0.2) is 12.1 Å². The smallest absolute Gasteiger partial charge is 0.176 e. The summed E-state index contributed by atoms with van der Waals surface area (Å²) >= 11 is 5.62. The minimum atomic E-state index is -0.465. The van der Waals surface area contributed by atoms with Gasteiger partial charge in [-0.25, -0.2) is 4.39 Å². The van der Waals surface area contributed by atoms with Crippen LogP contribution in [-0.2, 0) is 0 Å². The van der Waals surface area contributed by atoms with Gasteiger partial charge in [0.25, 0.3) is 0 Å². The molecule has 0 spiro atoms. The summed E-state index contributed by atoms with van der Waals surface area (Å²) in [5, 5.41) is 2.72. The van der Waals surface area contributed by atoms with Crippen molar-refractivity contribution in [3.63, 3.8) is 0 Å². The Hall–Kier alpha value is -0.930. The second-order valence-corrected chi connectivity index (χ2v) is 3.45. The maximum atomic E-state index is 13.1. The lowest BCUT2D eigenvalue weighted by atomic mass is 10.1. The molecule has 0 unspecified atom stereocenters. The number of hydrogen-bond acceptors (Lipinski definition) is 2. The van der Waals surface area contributed by atoms with Gasteiger partial charge in [-0.1, -0.05) is 11.6 Å². The van der Waals surface area contributed by atoms with Crippen molar-refractivity contribution in [2.24, 2.45) is 0 Å². The number of nitrogens with one attached hydrogen (secondary N) is 1. The minimum absolute atomic E-state index is 0.00977. The van der Waals surface area contributed by atoms with Crippen molar-refractivity contribution in [1.29, 1.82) is 0 Å². The van der Waals surface area contributed by atoms with E-state index < -0.39 is 5.82 Å². The summed E-state index contributed by atoms with van der Waals surface area (Å²) in [4.78, 5) is 11.4. The molecule has 1 N–H and O–H groups in total. The normalized spacial score (nSPS) is 10.3. The SMILES string of the molecule is CNCC(=O)c1cc(C)c(F)c(Cl)c1. The van der Waals surface area contributed by atoms with Gasteiger partial charge in [0.1, 0.15) is 5.82 Å². The quantitative estimate of drug-likeness (QED) is 0.784. The molecule has 14 heavy (non-hydrogen) atoms. The molecule has 2 nitrogen and oxygen atoms in total. The van der Waals surface area contributed by atoms with Crippen molar-refractivity contribution in [3.05, 3.63) is 34.1 Å². The summed E-state index contributed by atoms with van der Waals surface area (Å²) in [6.07, 6.45) is 0. The first-order valence-corrected chi connectivity index (χ1v) is 4.57. The van der Waals surface area contributed by atoms with Crippen LogP contribution in [-0.4, -0.2) is 19.4 Å². The largest absolute Gasteiger partial charge is 0.313 e. The Kier molecular flexibility index (Phi) is 3.61. The highest BCUT2D eigenvalue weighted by Crippen LogP contribution is 2.20. The monoisotopic (exact) mass is 215 g/mol. The van der Waals surface area contributed by atoms with Gasteiger partial charge in [-0.05, 0) is 31.7 Å². The number of carbonyl (C=O) groups is 1. The summed E-state index contributed by atoms with van der Waals surface area (Å²) < 4.78 is 13.1. The van der Waals surface area contributed by atoms with Gasteiger partial charge in [-0.15, -0.1) is 0 Å². The summed E-state index contributed by atoms with van der Waals surface area (Å²) in [6.45, 7) is 1.80. The van der Waals surface area contributed by atoms with Crippen LogP contribution in [0.2, 0.25) is 5.02 Å². The van der Waals surface area contributed by atoms with Crippen molar-refractivity contribution in [3.8, 4) is 0 Å². The van der Waals surface area contributed by atoms with E-state index in [0.717, 1.165) is 0 Å². The Morgan fingerprint density at radius 3 is 2.71 bits per heavy atom. The Morgan fingerprint density at radius 1 is 1.57 bits per heavy atom. The molecule has 0 amide bonds. The molecule has 76 valence electrons. The van der Waals surface area contributed by atoms with Crippen LogP contribution in [0.1, 0.15) is 15.9 Å². The Morgan fingerprint density at radius 2 is 2.21 bits per heavy atom. The Bertz CT molecular complexity index is 342. The number of Topliss-reactive ketones (excluding diaryl/α,β-unsaturated/α-hetero) is 1. The van der Waals surface area contributed by atoms with Crippen molar-refractivity contribution in [2.75, 3.05) is 13.6 Å². The van der Waals surface area contributed by atoms with Gasteiger partial charge < -0.3 is 5.32 Å². The first-order chi connectivity index (χ1) is 6.56. The third-order valence-corrected chi connectivity index (χ3v) is 2.14. The van der Waals surface area contributed by atoms with E-state index in [1.54, 1.807) is 14.0 Å². The van der Waals surface area contributed by atoms with Gasteiger partial charge in [-0.2, -0.15) is 0 Å². The van der Waals surface area contributed by atoms with Crippen LogP contribution in [0.5, 0.6) is 0 Å². The minimum Gasteiger partial charge on any atom is -0.313 e. The average molecular weight is 216 g/mol. The van der Waals surface area contributed by atoms with Crippen LogP contribution < -0.4 is 5.32 Å². The molecule has 1 aromatic rings. The molecule has 1 aromatic carbocycles. The fraction of sp³-hybridized carbons (Fsp3) is 0.300. The lowest BCUT2D eigenvalue weighted by Gasteiger charge is -2.04. The topological polar surface area (TPSA) is 29.1 Å². The van der Waals surface area contributed by atoms with Crippen LogP contribution in [0.4, 0.5) is 4.39 Å². The third-order valence-electron chi connectivity index (χ3n) is 1.87. The summed E-state index contributed by atoms with van der Waals surface area (Å²) in [5.74, 6) is -0.565. The van der Waals surface area contributed by atoms with E-state index in [9.17, 15) is 9.18 Å². The zero-order chi connectivity index (χ0) is 10.7. The molecule has 0 aliphatic carbocycles. The fourth-order valence-electron chi connectivity index (χ4n) is 1.15. The molecule has 1 rings (SSSR count). The van der Waals surface area contributed by atoms with E-state index in [1.165, 1.54) is 12.1 Å². The molecule has 0 bridgehead atoms. The summed E-state index contributed by atoms with van der Waals surface area (Å²) in [5.41, 5.74) is 0.820. The van der Waals surface area contributed by atoms with Crippen molar-refractivity contribution in [1.82, 2.24) is 5.32 Å². The van der Waals surface area contributed by atoms with Crippen molar-refractivity contribution in [2.45, 2.75) is 6.92 Å². The number of carbonyl (C=O) groups excluding carboxylic acids is 1. The van der Waals surface area contributed by atoms with E-state index in [4.69, 9.17) is 11.6 Å². The van der Waals surface area contributed by atoms with Gasteiger partial charge >= 0.3 is 0 Å². The predicted molar refractivity (Wildman–Crippen MR) is 54.4 cm³/mol. The van der Waals surface area contributed by atoms with Crippen LogP contribution in [0, 0.1) is 12.7 Å². The summed E-state index contributed by atoms with van der Waals surface area (Å²) in [6, 6.07) is 2.85. The van der Waals surface area contributed by atoms with E-state index in [2.05, 4.69) is 5.32 Å². The maximum absolute atomic E-state index is 13.1. The van der Waals surface area contributed by atoms with Gasteiger partial charge in [0.2, 0.25) is 0 Å². The lowest BCUT2D eigenvalue weighted by molar-refractivity contribution is 0.0993. The Balaban J connectivity index is 3.06. The predicted octanol–water partition coefficient (Wildman–Crippen LogP) is 2.19. The standard InChI is InChI=1S/C10H11ClFNO/c1-6-3-7(9(14)5-13-2)4-8(11)10(6)12/h3-4,13H,5H2,1-2H3. The van der Waals surface area contributed by atoms with Crippen molar-refractivity contribution < 1.29 is 9.18 Å². The van der Waals surface area contributed by atoms with Crippen molar-refractivity contribution >= 4 is 17.4 Å².